The second-order valence-electron chi connectivity index (χ2n) is 4.31. The lowest BCUT2D eigenvalue weighted by Gasteiger charge is -2.00. The first-order valence-electron chi connectivity index (χ1n) is 6.02. The van der Waals surface area contributed by atoms with E-state index in [0.717, 1.165) is 28.0 Å². The summed E-state index contributed by atoms with van der Waals surface area (Å²) in [5.74, 6) is 0.792. The fraction of sp³-hybridized carbons (Fsp3) is 0.133. The Balaban J connectivity index is 2.00. The van der Waals surface area contributed by atoms with Crippen LogP contribution in [0.3, 0.4) is 0 Å². The van der Waals surface area contributed by atoms with E-state index in [9.17, 15) is 0 Å². The molecule has 0 atom stereocenters. The molecule has 4 heteroatoms. The molecule has 0 radical (unpaired) electrons. The Labute approximate surface area is 120 Å². The van der Waals surface area contributed by atoms with Gasteiger partial charge in [0.1, 0.15) is 0 Å². The largest absolute Gasteiger partial charge is 0.493 e. The van der Waals surface area contributed by atoms with Gasteiger partial charge in [-0.1, -0.05) is 34.1 Å². The van der Waals surface area contributed by atoms with Crippen molar-refractivity contribution in [3.8, 4) is 5.75 Å². The average Bonchev–Trinajstić information content (AvgIpc) is 2.83. The summed E-state index contributed by atoms with van der Waals surface area (Å²) in [6.45, 7) is 0. The molecule has 19 heavy (non-hydrogen) atoms. The Bertz CT molecular complexity index is 721. The van der Waals surface area contributed by atoms with Gasteiger partial charge in [0.05, 0.1) is 12.8 Å². The van der Waals surface area contributed by atoms with E-state index in [1.54, 1.807) is 7.11 Å². The molecule has 0 saturated carbocycles. The molecule has 0 aliphatic rings. The molecule has 0 bridgehead atoms. The van der Waals surface area contributed by atoms with E-state index in [-0.39, 0.29) is 0 Å². The Morgan fingerprint density at radius 2 is 2.05 bits per heavy atom. The van der Waals surface area contributed by atoms with Crippen molar-refractivity contribution >= 4 is 21.6 Å². The van der Waals surface area contributed by atoms with Gasteiger partial charge in [-0.05, 0) is 23.8 Å². The van der Waals surface area contributed by atoms with Crippen LogP contribution in [0.1, 0.15) is 11.3 Å². The topological polar surface area (TPSA) is 26.5 Å². The molecule has 2 heterocycles. The van der Waals surface area contributed by atoms with Crippen LogP contribution >= 0.6 is 15.9 Å². The molecule has 0 saturated heterocycles. The number of nitrogens with zero attached hydrogens (tertiary/aromatic N) is 2. The summed E-state index contributed by atoms with van der Waals surface area (Å²) in [7, 11) is 1.66. The highest BCUT2D eigenvalue weighted by atomic mass is 79.9. The molecule has 0 amide bonds. The lowest BCUT2D eigenvalue weighted by molar-refractivity contribution is 0.417. The van der Waals surface area contributed by atoms with E-state index in [1.165, 1.54) is 5.56 Å². The summed E-state index contributed by atoms with van der Waals surface area (Å²) in [6, 6.07) is 12.1. The van der Waals surface area contributed by atoms with Crippen LogP contribution in [0, 0.1) is 0 Å². The quantitative estimate of drug-likeness (QED) is 0.736. The van der Waals surface area contributed by atoms with Crippen LogP contribution in [-0.4, -0.2) is 16.5 Å². The molecular formula is C15H13BrN2O. The van der Waals surface area contributed by atoms with Crippen LogP contribution in [0.15, 0.2) is 53.3 Å². The van der Waals surface area contributed by atoms with Crippen molar-refractivity contribution in [2.24, 2.45) is 0 Å². The first-order chi connectivity index (χ1) is 9.28. The van der Waals surface area contributed by atoms with Crippen LogP contribution in [0.4, 0.5) is 0 Å². The molecule has 1 aromatic carbocycles. The fourth-order valence-corrected chi connectivity index (χ4v) is 2.54. The maximum Gasteiger partial charge on any atom is 0.179 e. The molecule has 0 N–H and O–H groups in total. The molecule has 0 unspecified atom stereocenters. The first kappa shape index (κ1) is 12.2. The molecule has 0 aliphatic carbocycles. The van der Waals surface area contributed by atoms with Gasteiger partial charge in [0.2, 0.25) is 0 Å². The predicted molar refractivity (Wildman–Crippen MR) is 78.7 cm³/mol. The second kappa shape index (κ2) is 5.05. The molecule has 0 fully saturated rings. The lowest BCUT2D eigenvalue weighted by Crippen LogP contribution is -1.89. The number of rotatable bonds is 3. The fourth-order valence-electron chi connectivity index (χ4n) is 2.12. The maximum atomic E-state index is 5.32. The van der Waals surface area contributed by atoms with E-state index in [2.05, 4.69) is 27.0 Å². The van der Waals surface area contributed by atoms with E-state index in [4.69, 9.17) is 4.74 Å². The van der Waals surface area contributed by atoms with Crippen molar-refractivity contribution in [2.45, 2.75) is 6.42 Å². The highest BCUT2D eigenvalue weighted by Crippen LogP contribution is 2.22. The van der Waals surface area contributed by atoms with Gasteiger partial charge < -0.3 is 9.14 Å². The zero-order valence-electron chi connectivity index (χ0n) is 10.5. The molecule has 3 nitrogen and oxygen atoms in total. The highest BCUT2D eigenvalue weighted by molar-refractivity contribution is 9.10. The van der Waals surface area contributed by atoms with Gasteiger partial charge in [-0.15, -0.1) is 0 Å². The molecule has 2 aromatic heterocycles. The van der Waals surface area contributed by atoms with Crippen molar-refractivity contribution in [3.05, 3.63) is 64.5 Å². The van der Waals surface area contributed by atoms with Crippen molar-refractivity contribution in [1.82, 2.24) is 9.38 Å². The van der Waals surface area contributed by atoms with E-state index in [1.807, 2.05) is 47.1 Å². The predicted octanol–water partition coefficient (Wildman–Crippen LogP) is 3.70. The van der Waals surface area contributed by atoms with E-state index >= 15 is 0 Å². The lowest BCUT2D eigenvalue weighted by atomic mass is 10.1. The Morgan fingerprint density at radius 1 is 1.21 bits per heavy atom. The summed E-state index contributed by atoms with van der Waals surface area (Å²) in [5.41, 5.74) is 3.10. The number of fused-ring (bicyclic) bond motifs is 1. The van der Waals surface area contributed by atoms with Crippen molar-refractivity contribution in [3.63, 3.8) is 0 Å². The molecule has 96 valence electrons. The van der Waals surface area contributed by atoms with Crippen molar-refractivity contribution in [2.75, 3.05) is 7.11 Å². The summed E-state index contributed by atoms with van der Waals surface area (Å²) >= 11 is 3.57. The molecule has 0 spiro atoms. The third-order valence-corrected chi connectivity index (χ3v) is 3.82. The number of halogens is 1. The summed E-state index contributed by atoms with van der Waals surface area (Å²) in [6.07, 6.45) is 4.82. The minimum Gasteiger partial charge on any atom is -0.493 e. The van der Waals surface area contributed by atoms with Gasteiger partial charge in [-0.3, -0.25) is 0 Å². The normalized spacial score (nSPS) is 10.8. The standard InChI is InChI=1S/C15H13BrN2O/c1-19-14-7-4-8-18-10-12(17-15(14)18)9-11-5-2-3-6-13(11)16/h2-8,10H,9H2,1H3. The van der Waals surface area contributed by atoms with Crippen LogP contribution in [0.25, 0.3) is 5.65 Å². The average molecular weight is 317 g/mol. The SMILES string of the molecule is COc1cccn2cc(Cc3ccccc3Br)nc12. The van der Waals surface area contributed by atoms with Gasteiger partial charge in [0.25, 0.3) is 0 Å². The number of aromatic nitrogens is 2. The number of ether oxygens (including phenoxy) is 1. The van der Waals surface area contributed by atoms with Crippen molar-refractivity contribution < 1.29 is 4.74 Å². The number of pyridine rings is 1. The van der Waals surface area contributed by atoms with Gasteiger partial charge >= 0.3 is 0 Å². The molecule has 3 rings (SSSR count). The summed E-state index contributed by atoms with van der Waals surface area (Å²) in [5, 5.41) is 0. The smallest absolute Gasteiger partial charge is 0.179 e. The minimum absolute atomic E-state index is 0.792. The van der Waals surface area contributed by atoms with Crippen LogP contribution in [-0.2, 0) is 6.42 Å². The Morgan fingerprint density at radius 3 is 2.84 bits per heavy atom. The minimum atomic E-state index is 0.792. The van der Waals surface area contributed by atoms with Crippen LogP contribution in [0.2, 0.25) is 0 Å². The van der Waals surface area contributed by atoms with E-state index in [0.29, 0.717) is 0 Å². The summed E-state index contributed by atoms with van der Waals surface area (Å²) in [4.78, 5) is 4.64. The van der Waals surface area contributed by atoms with Gasteiger partial charge in [-0.2, -0.15) is 0 Å². The molecule has 0 aliphatic heterocycles. The number of hydrogen-bond acceptors (Lipinski definition) is 2. The number of methoxy groups -OCH3 is 1. The zero-order valence-corrected chi connectivity index (χ0v) is 12.1. The maximum absolute atomic E-state index is 5.32. The van der Waals surface area contributed by atoms with Gasteiger partial charge in [0, 0.05) is 23.3 Å². The van der Waals surface area contributed by atoms with Gasteiger partial charge in [0.15, 0.2) is 11.4 Å². The van der Waals surface area contributed by atoms with Crippen molar-refractivity contribution in [1.29, 1.82) is 0 Å². The number of imidazole rings is 1. The molecular weight excluding hydrogens is 304 g/mol. The van der Waals surface area contributed by atoms with E-state index < -0.39 is 0 Å². The molecule has 3 aromatic rings. The first-order valence-corrected chi connectivity index (χ1v) is 6.81. The number of benzene rings is 1. The Hall–Kier alpha value is -1.81. The Kier molecular flexibility index (Phi) is 3.25. The third kappa shape index (κ3) is 2.36. The van der Waals surface area contributed by atoms with Crippen LogP contribution in [0.5, 0.6) is 5.75 Å². The second-order valence-corrected chi connectivity index (χ2v) is 5.16. The third-order valence-electron chi connectivity index (χ3n) is 3.05. The number of hydrogen-bond donors (Lipinski definition) is 0. The summed E-state index contributed by atoms with van der Waals surface area (Å²) < 4.78 is 8.42. The highest BCUT2D eigenvalue weighted by Gasteiger charge is 2.08. The zero-order chi connectivity index (χ0) is 13.2. The monoisotopic (exact) mass is 316 g/mol. The van der Waals surface area contributed by atoms with Crippen LogP contribution < -0.4 is 4.74 Å². The van der Waals surface area contributed by atoms with Gasteiger partial charge in [-0.25, -0.2) is 4.98 Å².